The predicted octanol–water partition coefficient (Wildman–Crippen LogP) is 5.23. The standard InChI is InChI=1S/C18H19F3O2/c1-4-23-17-8-7-14(10-16(17)18(19,20)21)13-5-6-15(11-22-3)12(2)9-13/h5-10H,4,11H2,1-3H3. The van der Waals surface area contributed by atoms with E-state index in [1.54, 1.807) is 26.2 Å². The molecule has 0 aliphatic rings. The summed E-state index contributed by atoms with van der Waals surface area (Å²) >= 11 is 0. The Bertz CT molecular complexity index is 678. The van der Waals surface area contributed by atoms with Crippen LogP contribution >= 0.6 is 0 Å². The third kappa shape index (κ3) is 4.05. The molecule has 0 aliphatic carbocycles. The summed E-state index contributed by atoms with van der Waals surface area (Å²) in [6, 6.07) is 9.69. The second-order valence-electron chi connectivity index (χ2n) is 5.22. The third-order valence-corrected chi connectivity index (χ3v) is 3.56. The molecule has 23 heavy (non-hydrogen) atoms. The van der Waals surface area contributed by atoms with Crippen LogP contribution in [0, 0.1) is 6.92 Å². The van der Waals surface area contributed by atoms with E-state index in [4.69, 9.17) is 9.47 Å². The summed E-state index contributed by atoms with van der Waals surface area (Å²) in [5.74, 6) is -0.142. The second-order valence-corrected chi connectivity index (χ2v) is 5.22. The highest BCUT2D eigenvalue weighted by Gasteiger charge is 2.34. The first-order valence-corrected chi connectivity index (χ1v) is 7.29. The molecule has 2 aromatic rings. The lowest BCUT2D eigenvalue weighted by molar-refractivity contribution is -0.138. The lowest BCUT2D eigenvalue weighted by Gasteiger charge is -2.15. The molecular formula is C18H19F3O2. The van der Waals surface area contributed by atoms with Gasteiger partial charge in [-0.1, -0.05) is 24.3 Å². The summed E-state index contributed by atoms with van der Waals surface area (Å²) in [5, 5.41) is 0. The number of alkyl halides is 3. The fourth-order valence-electron chi connectivity index (χ4n) is 2.41. The smallest absolute Gasteiger partial charge is 0.419 e. The molecule has 0 fully saturated rings. The van der Waals surface area contributed by atoms with Crippen LogP contribution in [0.5, 0.6) is 5.75 Å². The zero-order valence-corrected chi connectivity index (χ0v) is 13.3. The molecule has 0 aromatic heterocycles. The van der Waals surface area contributed by atoms with Crippen LogP contribution in [0.25, 0.3) is 11.1 Å². The van der Waals surface area contributed by atoms with E-state index < -0.39 is 11.7 Å². The van der Waals surface area contributed by atoms with E-state index in [2.05, 4.69) is 0 Å². The highest BCUT2D eigenvalue weighted by atomic mass is 19.4. The van der Waals surface area contributed by atoms with Gasteiger partial charge in [-0.25, -0.2) is 0 Å². The molecule has 0 saturated heterocycles. The fraction of sp³-hybridized carbons (Fsp3) is 0.333. The second kappa shape index (κ2) is 7.04. The molecule has 0 saturated carbocycles. The molecule has 2 rings (SSSR count). The average molecular weight is 324 g/mol. The topological polar surface area (TPSA) is 18.5 Å². The fourth-order valence-corrected chi connectivity index (χ4v) is 2.41. The van der Waals surface area contributed by atoms with E-state index in [0.29, 0.717) is 12.2 Å². The zero-order valence-electron chi connectivity index (χ0n) is 13.3. The SMILES string of the molecule is CCOc1ccc(-c2ccc(COC)c(C)c2)cc1C(F)(F)F. The number of hydrogen-bond donors (Lipinski definition) is 0. The molecule has 2 aromatic carbocycles. The van der Waals surface area contributed by atoms with Gasteiger partial charge in [-0.15, -0.1) is 0 Å². The number of hydrogen-bond acceptors (Lipinski definition) is 2. The van der Waals surface area contributed by atoms with Crippen molar-refractivity contribution in [1.82, 2.24) is 0 Å². The van der Waals surface area contributed by atoms with Crippen molar-refractivity contribution >= 4 is 0 Å². The van der Waals surface area contributed by atoms with Crippen molar-refractivity contribution in [1.29, 1.82) is 0 Å². The molecule has 0 heterocycles. The maximum atomic E-state index is 13.2. The van der Waals surface area contributed by atoms with E-state index in [9.17, 15) is 13.2 Å². The number of aryl methyl sites for hydroxylation is 1. The Kier molecular flexibility index (Phi) is 5.31. The minimum atomic E-state index is -4.45. The van der Waals surface area contributed by atoms with Gasteiger partial charge < -0.3 is 9.47 Å². The van der Waals surface area contributed by atoms with Crippen molar-refractivity contribution in [2.45, 2.75) is 26.6 Å². The van der Waals surface area contributed by atoms with Crippen LogP contribution in [0.2, 0.25) is 0 Å². The summed E-state index contributed by atoms with van der Waals surface area (Å²) in [6.45, 7) is 4.24. The summed E-state index contributed by atoms with van der Waals surface area (Å²) in [6.07, 6.45) is -4.45. The molecule has 0 N–H and O–H groups in total. The molecule has 0 unspecified atom stereocenters. The number of methoxy groups -OCH3 is 1. The van der Waals surface area contributed by atoms with Crippen LogP contribution < -0.4 is 4.74 Å². The van der Waals surface area contributed by atoms with Gasteiger partial charge in [-0.2, -0.15) is 13.2 Å². The van der Waals surface area contributed by atoms with Gasteiger partial charge in [0.05, 0.1) is 18.8 Å². The van der Waals surface area contributed by atoms with Gasteiger partial charge in [0.15, 0.2) is 0 Å². The van der Waals surface area contributed by atoms with Crippen molar-refractivity contribution in [2.24, 2.45) is 0 Å². The van der Waals surface area contributed by atoms with E-state index in [-0.39, 0.29) is 12.4 Å². The van der Waals surface area contributed by atoms with Crippen LogP contribution in [-0.4, -0.2) is 13.7 Å². The number of ether oxygens (including phenoxy) is 2. The molecule has 0 amide bonds. The van der Waals surface area contributed by atoms with Crippen molar-refractivity contribution in [2.75, 3.05) is 13.7 Å². The molecule has 0 bridgehead atoms. The maximum absolute atomic E-state index is 13.2. The Morgan fingerprint density at radius 1 is 1.00 bits per heavy atom. The Balaban J connectivity index is 2.46. The van der Waals surface area contributed by atoms with Crippen molar-refractivity contribution in [3.05, 3.63) is 53.1 Å². The molecule has 2 nitrogen and oxygen atoms in total. The monoisotopic (exact) mass is 324 g/mol. The summed E-state index contributed by atoms with van der Waals surface area (Å²) in [5.41, 5.74) is 2.48. The minimum absolute atomic E-state index is 0.142. The molecule has 5 heteroatoms. The molecule has 0 aliphatic heterocycles. The normalized spacial score (nSPS) is 11.6. The molecule has 0 spiro atoms. The Hall–Kier alpha value is -2.01. The largest absolute Gasteiger partial charge is 0.493 e. The van der Waals surface area contributed by atoms with Crippen molar-refractivity contribution in [3.63, 3.8) is 0 Å². The summed E-state index contributed by atoms with van der Waals surface area (Å²) in [4.78, 5) is 0. The van der Waals surface area contributed by atoms with Gasteiger partial charge in [-0.05, 0) is 48.2 Å². The van der Waals surface area contributed by atoms with Gasteiger partial charge in [0.25, 0.3) is 0 Å². The molecular weight excluding hydrogens is 305 g/mol. The van der Waals surface area contributed by atoms with Crippen LogP contribution in [0.1, 0.15) is 23.6 Å². The van der Waals surface area contributed by atoms with Crippen LogP contribution in [0.4, 0.5) is 13.2 Å². The van der Waals surface area contributed by atoms with Gasteiger partial charge in [0.2, 0.25) is 0 Å². The lowest BCUT2D eigenvalue weighted by atomic mass is 9.98. The first-order valence-electron chi connectivity index (χ1n) is 7.29. The van der Waals surface area contributed by atoms with Crippen LogP contribution in [0.3, 0.4) is 0 Å². The third-order valence-electron chi connectivity index (χ3n) is 3.56. The van der Waals surface area contributed by atoms with E-state index in [1.807, 2.05) is 19.1 Å². The van der Waals surface area contributed by atoms with E-state index in [1.165, 1.54) is 6.07 Å². The molecule has 0 radical (unpaired) electrons. The predicted molar refractivity (Wildman–Crippen MR) is 83.5 cm³/mol. The first-order chi connectivity index (χ1) is 10.9. The number of halogens is 3. The Morgan fingerprint density at radius 2 is 1.65 bits per heavy atom. The van der Waals surface area contributed by atoms with Crippen LogP contribution in [-0.2, 0) is 17.5 Å². The minimum Gasteiger partial charge on any atom is -0.493 e. The molecule has 0 atom stereocenters. The molecule has 124 valence electrons. The number of rotatable bonds is 5. The van der Waals surface area contributed by atoms with E-state index >= 15 is 0 Å². The van der Waals surface area contributed by atoms with Crippen molar-refractivity contribution < 1.29 is 22.6 Å². The summed E-state index contributed by atoms with van der Waals surface area (Å²) < 4.78 is 49.8. The quantitative estimate of drug-likeness (QED) is 0.750. The highest BCUT2D eigenvalue weighted by molar-refractivity contribution is 5.67. The van der Waals surface area contributed by atoms with Gasteiger partial charge in [-0.3, -0.25) is 0 Å². The average Bonchev–Trinajstić information content (AvgIpc) is 2.49. The Morgan fingerprint density at radius 3 is 2.22 bits per heavy atom. The lowest BCUT2D eigenvalue weighted by Crippen LogP contribution is -2.09. The number of benzene rings is 2. The van der Waals surface area contributed by atoms with Gasteiger partial charge in [0.1, 0.15) is 5.75 Å². The van der Waals surface area contributed by atoms with Gasteiger partial charge in [0, 0.05) is 7.11 Å². The highest BCUT2D eigenvalue weighted by Crippen LogP contribution is 2.39. The summed E-state index contributed by atoms with van der Waals surface area (Å²) in [7, 11) is 1.61. The Labute approximate surface area is 133 Å². The van der Waals surface area contributed by atoms with Crippen molar-refractivity contribution in [3.8, 4) is 16.9 Å². The van der Waals surface area contributed by atoms with E-state index in [0.717, 1.165) is 22.8 Å². The zero-order chi connectivity index (χ0) is 17.0. The van der Waals surface area contributed by atoms with Gasteiger partial charge >= 0.3 is 6.18 Å². The maximum Gasteiger partial charge on any atom is 0.419 e. The van der Waals surface area contributed by atoms with Crippen LogP contribution in [0.15, 0.2) is 36.4 Å². The first kappa shape index (κ1) is 17.3.